The van der Waals surface area contributed by atoms with Crippen LogP contribution in [0.1, 0.15) is 6.42 Å². The van der Waals surface area contributed by atoms with Crippen LogP contribution in [0.2, 0.25) is 0 Å². The van der Waals surface area contributed by atoms with E-state index in [0.29, 0.717) is 36.0 Å². The van der Waals surface area contributed by atoms with Crippen molar-refractivity contribution in [3.63, 3.8) is 0 Å². The lowest BCUT2D eigenvalue weighted by Gasteiger charge is -2.24. The fourth-order valence-electron chi connectivity index (χ4n) is 1.82. The van der Waals surface area contributed by atoms with Gasteiger partial charge in [0.25, 0.3) is 10.0 Å². The average Bonchev–Trinajstić information content (AvgIpc) is 2.78. The van der Waals surface area contributed by atoms with Gasteiger partial charge in [-0.1, -0.05) is 6.08 Å². The monoisotopic (exact) mass is 288 g/mol. The molecular formula is C11H16N2O3S2. The Morgan fingerprint density at radius 2 is 2.33 bits per heavy atom. The highest BCUT2D eigenvalue weighted by Gasteiger charge is 2.27. The fraction of sp³-hybridized carbons (Fsp3) is 0.455. The number of rotatable bonds is 4. The van der Waals surface area contributed by atoms with Crippen molar-refractivity contribution in [3.8, 4) is 0 Å². The molecule has 0 atom stereocenters. The van der Waals surface area contributed by atoms with Gasteiger partial charge < -0.3 is 10.5 Å². The lowest BCUT2D eigenvalue weighted by atomic mass is 10.1. The molecule has 5 nitrogen and oxygen atoms in total. The third kappa shape index (κ3) is 2.74. The summed E-state index contributed by atoms with van der Waals surface area (Å²) in [5.74, 6) is 0. The van der Waals surface area contributed by atoms with Gasteiger partial charge in [-0.3, -0.25) is 0 Å². The van der Waals surface area contributed by atoms with Gasteiger partial charge in [0.2, 0.25) is 0 Å². The maximum Gasteiger partial charge on any atom is 0.252 e. The number of nitrogens with zero attached hydrogens (tertiary/aromatic N) is 1. The molecule has 0 saturated heterocycles. The molecule has 0 spiro atoms. The second-order valence-corrected chi connectivity index (χ2v) is 7.18. The van der Waals surface area contributed by atoms with Crippen LogP contribution in [0.3, 0.4) is 0 Å². The van der Waals surface area contributed by atoms with Crippen molar-refractivity contribution in [2.24, 2.45) is 0 Å². The van der Waals surface area contributed by atoms with Gasteiger partial charge in [0.05, 0.1) is 6.61 Å². The van der Waals surface area contributed by atoms with Crippen molar-refractivity contribution >= 4 is 27.0 Å². The molecule has 0 fully saturated rings. The molecule has 0 aromatic carbocycles. The summed E-state index contributed by atoms with van der Waals surface area (Å²) >= 11 is 1.16. The molecule has 2 rings (SSSR count). The van der Waals surface area contributed by atoms with Crippen LogP contribution in [-0.4, -0.2) is 39.5 Å². The molecule has 18 heavy (non-hydrogen) atoms. The summed E-state index contributed by atoms with van der Waals surface area (Å²) in [6.45, 7) is 1.47. The quantitative estimate of drug-likeness (QED) is 0.848. The van der Waals surface area contributed by atoms with Gasteiger partial charge in [-0.25, -0.2) is 8.42 Å². The second kappa shape index (κ2) is 5.40. The number of thiophene rings is 1. The topological polar surface area (TPSA) is 72.6 Å². The first kappa shape index (κ1) is 13.5. The van der Waals surface area contributed by atoms with Crippen molar-refractivity contribution < 1.29 is 13.2 Å². The Labute approximate surface area is 111 Å². The van der Waals surface area contributed by atoms with Crippen LogP contribution in [-0.2, 0) is 14.8 Å². The minimum Gasteiger partial charge on any atom is -0.398 e. The number of sulfonamides is 1. The van der Waals surface area contributed by atoms with E-state index < -0.39 is 10.0 Å². The van der Waals surface area contributed by atoms with E-state index in [-0.39, 0.29) is 0 Å². The average molecular weight is 288 g/mol. The zero-order valence-corrected chi connectivity index (χ0v) is 11.8. The minimum absolute atomic E-state index is 0.309. The molecule has 7 heteroatoms. The molecule has 1 aliphatic heterocycles. The van der Waals surface area contributed by atoms with E-state index in [1.165, 1.54) is 10.4 Å². The van der Waals surface area contributed by atoms with Gasteiger partial charge in [0.1, 0.15) is 4.21 Å². The molecule has 0 aliphatic carbocycles. The SMILES string of the molecule is COCC1=CCN(S(=O)(=O)c2cc(N)cs2)CC1. The highest BCUT2D eigenvalue weighted by Crippen LogP contribution is 2.26. The third-order valence-corrected chi connectivity index (χ3v) is 6.08. The van der Waals surface area contributed by atoms with Crippen LogP contribution in [0.25, 0.3) is 0 Å². The molecule has 100 valence electrons. The van der Waals surface area contributed by atoms with Gasteiger partial charge in [-0.05, 0) is 18.1 Å². The smallest absolute Gasteiger partial charge is 0.252 e. The van der Waals surface area contributed by atoms with Gasteiger partial charge in [-0.2, -0.15) is 4.31 Å². The Bertz CT molecular complexity index is 548. The fourth-order valence-corrected chi connectivity index (χ4v) is 4.43. The first-order valence-electron chi connectivity index (χ1n) is 5.55. The molecule has 0 unspecified atom stereocenters. The predicted octanol–water partition coefficient (Wildman–Crippen LogP) is 1.30. The van der Waals surface area contributed by atoms with Crippen LogP contribution in [0.4, 0.5) is 5.69 Å². The van der Waals surface area contributed by atoms with Crippen LogP contribution >= 0.6 is 11.3 Å². The number of ether oxygens (including phenoxy) is 1. The number of anilines is 1. The van der Waals surface area contributed by atoms with Crippen molar-refractivity contribution in [3.05, 3.63) is 23.1 Å². The number of nitrogen functional groups attached to an aromatic ring is 1. The maximum absolute atomic E-state index is 12.3. The molecule has 1 aromatic rings. The molecule has 1 aromatic heterocycles. The van der Waals surface area contributed by atoms with E-state index >= 15 is 0 Å². The Morgan fingerprint density at radius 1 is 1.56 bits per heavy atom. The molecule has 0 radical (unpaired) electrons. The zero-order valence-electron chi connectivity index (χ0n) is 10.1. The normalized spacial score (nSPS) is 17.7. The highest BCUT2D eigenvalue weighted by atomic mass is 32.2. The first-order valence-corrected chi connectivity index (χ1v) is 7.87. The lowest BCUT2D eigenvalue weighted by molar-refractivity contribution is 0.219. The van der Waals surface area contributed by atoms with Crippen molar-refractivity contribution in [2.75, 3.05) is 32.5 Å². The Morgan fingerprint density at radius 3 is 2.83 bits per heavy atom. The Balaban J connectivity index is 2.14. The van der Waals surface area contributed by atoms with Gasteiger partial charge >= 0.3 is 0 Å². The highest BCUT2D eigenvalue weighted by molar-refractivity contribution is 7.91. The first-order chi connectivity index (χ1) is 8.54. The number of hydrogen-bond acceptors (Lipinski definition) is 5. The molecule has 2 heterocycles. The largest absolute Gasteiger partial charge is 0.398 e. The van der Waals surface area contributed by atoms with Gasteiger partial charge in [-0.15, -0.1) is 11.3 Å². The van der Waals surface area contributed by atoms with E-state index in [1.54, 1.807) is 12.5 Å². The lowest BCUT2D eigenvalue weighted by Crippen LogP contribution is -2.34. The third-order valence-electron chi connectivity index (χ3n) is 2.79. The van der Waals surface area contributed by atoms with Crippen molar-refractivity contribution in [1.29, 1.82) is 0 Å². The van der Waals surface area contributed by atoms with Crippen LogP contribution in [0.5, 0.6) is 0 Å². The summed E-state index contributed by atoms with van der Waals surface area (Å²) in [6.07, 6.45) is 2.63. The summed E-state index contributed by atoms with van der Waals surface area (Å²) in [7, 11) is -1.76. The van der Waals surface area contributed by atoms with Crippen molar-refractivity contribution in [2.45, 2.75) is 10.6 Å². The summed E-state index contributed by atoms with van der Waals surface area (Å²) in [4.78, 5) is 0. The van der Waals surface area contributed by atoms with E-state index in [4.69, 9.17) is 10.5 Å². The molecule has 0 bridgehead atoms. The molecular weight excluding hydrogens is 272 g/mol. The zero-order chi connectivity index (χ0) is 13.2. The molecule has 2 N–H and O–H groups in total. The van der Waals surface area contributed by atoms with Crippen molar-refractivity contribution in [1.82, 2.24) is 4.31 Å². The van der Waals surface area contributed by atoms with Gasteiger partial charge in [0.15, 0.2) is 0 Å². The van der Waals surface area contributed by atoms with Crippen LogP contribution in [0, 0.1) is 0 Å². The number of nitrogens with two attached hydrogens (primary N) is 1. The number of methoxy groups -OCH3 is 1. The predicted molar refractivity (Wildman–Crippen MR) is 72.1 cm³/mol. The van der Waals surface area contributed by atoms with E-state index in [0.717, 1.165) is 16.9 Å². The summed E-state index contributed by atoms with van der Waals surface area (Å²) in [5, 5.41) is 1.64. The van der Waals surface area contributed by atoms with Crippen LogP contribution in [0.15, 0.2) is 27.3 Å². The molecule has 0 amide bonds. The van der Waals surface area contributed by atoms with E-state index in [1.807, 2.05) is 6.08 Å². The van der Waals surface area contributed by atoms with Crippen LogP contribution < -0.4 is 5.73 Å². The van der Waals surface area contributed by atoms with E-state index in [2.05, 4.69) is 0 Å². The minimum atomic E-state index is -3.39. The number of hydrogen-bond donors (Lipinski definition) is 1. The second-order valence-electron chi connectivity index (χ2n) is 4.11. The summed E-state index contributed by atoms with van der Waals surface area (Å²) in [5.41, 5.74) is 7.21. The maximum atomic E-state index is 12.3. The Kier molecular flexibility index (Phi) is 4.06. The standard InChI is InChI=1S/C11H16N2O3S2/c1-16-7-9-2-4-13(5-3-9)18(14,15)11-6-10(12)8-17-11/h2,6,8H,3-5,7,12H2,1H3. The van der Waals surface area contributed by atoms with Gasteiger partial charge in [0, 0.05) is 31.3 Å². The molecule has 0 saturated carbocycles. The summed E-state index contributed by atoms with van der Waals surface area (Å²) < 4.78 is 31.4. The summed E-state index contributed by atoms with van der Waals surface area (Å²) in [6, 6.07) is 1.51. The van der Waals surface area contributed by atoms with E-state index in [9.17, 15) is 8.42 Å². The molecule has 1 aliphatic rings. The Hall–Kier alpha value is -0.890.